The molecule has 0 aromatic heterocycles. The largest absolute Gasteiger partial charge is 0.379 e. The summed E-state index contributed by atoms with van der Waals surface area (Å²) in [6.07, 6.45) is 0. The van der Waals surface area contributed by atoms with E-state index < -0.39 is 14.9 Å². The molecule has 172 valence electrons. The van der Waals surface area contributed by atoms with E-state index in [4.69, 9.17) is 4.74 Å². The Bertz CT molecular complexity index is 1120. The molecule has 2 aromatic carbocycles. The van der Waals surface area contributed by atoms with Crippen LogP contribution >= 0.6 is 0 Å². The average Bonchev–Trinajstić information content (AvgIpc) is 2.77. The molecule has 1 fully saturated rings. The van der Waals surface area contributed by atoms with Crippen molar-refractivity contribution in [2.75, 3.05) is 31.7 Å². The number of hydrogen-bond acceptors (Lipinski definition) is 7. The first-order valence-corrected chi connectivity index (χ1v) is 11.7. The zero-order valence-corrected chi connectivity index (χ0v) is 19.5. The van der Waals surface area contributed by atoms with Crippen LogP contribution < -0.4 is 5.43 Å². The molecule has 1 aliphatic heterocycles. The number of sulfonamides is 1. The second kappa shape index (κ2) is 9.35. The summed E-state index contributed by atoms with van der Waals surface area (Å²) < 4.78 is 32.9. The third-order valence-corrected chi connectivity index (χ3v) is 7.22. The van der Waals surface area contributed by atoms with Gasteiger partial charge in [0, 0.05) is 25.2 Å². The lowest BCUT2D eigenvalue weighted by Gasteiger charge is -2.26. The monoisotopic (exact) mass is 460 g/mol. The van der Waals surface area contributed by atoms with Gasteiger partial charge in [-0.05, 0) is 29.5 Å². The Morgan fingerprint density at radius 1 is 1.12 bits per heavy atom. The molecule has 3 rings (SSSR count). The first-order valence-electron chi connectivity index (χ1n) is 10.3. The molecule has 0 atom stereocenters. The molecule has 0 amide bonds. The highest BCUT2D eigenvalue weighted by atomic mass is 32.2. The van der Waals surface area contributed by atoms with E-state index in [1.165, 1.54) is 22.0 Å². The van der Waals surface area contributed by atoms with Gasteiger partial charge in [0.2, 0.25) is 10.0 Å². The lowest BCUT2D eigenvalue weighted by atomic mass is 9.86. The second-order valence-corrected chi connectivity index (χ2v) is 10.5. The predicted molar refractivity (Wildman–Crippen MR) is 124 cm³/mol. The lowest BCUT2D eigenvalue weighted by Crippen LogP contribution is -2.40. The quantitative estimate of drug-likeness (QED) is 0.399. The number of ether oxygens (including phenoxy) is 1. The van der Waals surface area contributed by atoms with E-state index in [-0.39, 0.29) is 48.0 Å². The van der Waals surface area contributed by atoms with Gasteiger partial charge in [0.1, 0.15) is 4.90 Å². The Balaban J connectivity index is 1.92. The first-order chi connectivity index (χ1) is 15.0. The topological polar surface area (TPSA) is 114 Å². The highest BCUT2D eigenvalue weighted by molar-refractivity contribution is 7.89. The minimum absolute atomic E-state index is 0.0311. The molecule has 32 heavy (non-hydrogen) atoms. The van der Waals surface area contributed by atoms with Gasteiger partial charge in [0.25, 0.3) is 5.69 Å². The van der Waals surface area contributed by atoms with Crippen LogP contribution in [0.5, 0.6) is 0 Å². The number of rotatable bonds is 6. The average molecular weight is 461 g/mol. The third-order valence-electron chi connectivity index (χ3n) is 5.28. The van der Waals surface area contributed by atoms with Crippen molar-refractivity contribution in [3.63, 3.8) is 0 Å². The van der Waals surface area contributed by atoms with Crippen molar-refractivity contribution in [1.82, 2.24) is 4.31 Å². The fraction of sp³-hybridized carbons (Fsp3) is 0.409. The number of morpholine rings is 1. The summed E-state index contributed by atoms with van der Waals surface area (Å²) in [4.78, 5) is 10.4. The maximum Gasteiger partial charge on any atom is 0.270 e. The van der Waals surface area contributed by atoms with E-state index in [2.05, 4.69) is 31.3 Å². The van der Waals surface area contributed by atoms with Crippen molar-refractivity contribution in [1.29, 1.82) is 0 Å². The Morgan fingerprint density at radius 2 is 1.75 bits per heavy atom. The fourth-order valence-electron chi connectivity index (χ4n) is 3.28. The van der Waals surface area contributed by atoms with Crippen LogP contribution in [0.15, 0.2) is 52.5 Å². The summed E-state index contributed by atoms with van der Waals surface area (Å²) in [6.45, 7) is 9.14. The second-order valence-electron chi connectivity index (χ2n) is 8.59. The molecule has 0 aliphatic carbocycles. The number of nitrogens with zero attached hydrogens (tertiary/aromatic N) is 3. The van der Waals surface area contributed by atoms with E-state index >= 15 is 0 Å². The van der Waals surface area contributed by atoms with Crippen molar-refractivity contribution < 1.29 is 18.1 Å². The Kier molecular flexibility index (Phi) is 6.97. The van der Waals surface area contributed by atoms with Gasteiger partial charge in [-0.25, -0.2) is 8.42 Å². The maximum absolute atomic E-state index is 13.2. The molecule has 1 heterocycles. The normalized spacial score (nSPS) is 16.1. The molecule has 2 aromatic rings. The number of nitro groups is 1. The molecule has 10 heteroatoms. The first kappa shape index (κ1) is 23.8. The number of nitro benzene ring substituents is 1. The molecule has 0 radical (unpaired) electrons. The van der Waals surface area contributed by atoms with Crippen molar-refractivity contribution in [2.45, 2.75) is 38.0 Å². The van der Waals surface area contributed by atoms with Crippen LogP contribution in [-0.4, -0.2) is 49.7 Å². The summed E-state index contributed by atoms with van der Waals surface area (Å²) in [5.74, 6) is 0. The zero-order chi connectivity index (χ0) is 23.5. The predicted octanol–water partition coefficient (Wildman–Crippen LogP) is 3.75. The summed E-state index contributed by atoms with van der Waals surface area (Å²) >= 11 is 0. The maximum atomic E-state index is 13.2. The SMILES string of the molecule is CC(=NNc1ccc([N+](=O)[O-])cc1S(=O)(=O)N1CCOCC1)c1ccc(C(C)(C)C)cc1. The van der Waals surface area contributed by atoms with E-state index in [0.29, 0.717) is 5.71 Å². The molecular weight excluding hydrogens is 432 g/mol. The molecule has 1 aliphatic rings. The van der Waals surface area contributed by atoms with Crippen molar-refractivity contribution in [2.24, 2.45) is 5.10 Å². The smallest absolute Gasteiger partial charge is 0.270 e. The number of benzene rings is 2. The molecule has 0 saturated carbocycles. The highest BCUT2D eigenvalue weighted by Crippen LogP contribution is 2.30. The van der Waals surface area contributed by atoms with Gasteiger partial charge < -0.3 is 4.74 Å². The van der Waals surface area contributed by atoms with Crippen molar-refractivity contribution in [3.05, 3.63) is 63.7 Å². The number of non-ortho nitro benzene ring substituents is 1. The highest BCUT2D eigenvalue weighted by Gasteiger charge is 2.30. The van der Waals surface area contributed by atoms with Gasteiger partial charge in [0.15, 0.2) is 0 Å². The molecule has 0 spiro atoms. The van der Waals surface area contributed by atoms with Crippen LogP contribution in [-0.2, 0) is 20.2 Å². The molecule has 9 nitrogen and oxygen atoms in total. The van der Waals surface area contributed by atoms with Gasteiger partial charge in [-0.2, -0.15) is 9.41 Å². The number of anilines is 1. The number of hydrogen-bond donors (Lipinski definition) is 1. The van der Waals surface area contributed by atoms with Gasteiger partial charge in [0.05, 0.1) is 29.5 Å². The summed E-state index contributed by atoms with van der Waals surface area (Å²) in [6, 6.07) is 11.7. The van der Waals surface area contributed by atoms with Crippen molar-refractivity contribution >= 4 is 27.1 Å². The zero-order valence-electron chi connectivity index (χ0n) is 18.7. The van der Waals surface area contributed by atoms with Crippen LogP contribution in [0.25, 0.3) is 0 Å². The molecule has 0 bridgehead atoms. The Hall–Kier alpha value is -2.82. The van der Waals surface area contributed by atoms with E-state index in [0.717, 1.165) is 11.6 Å². The molecular formula is C22H28N4O5S. The molecule has 1 N–H and O–H groups in total. The van der Waals surface area contributed by atoms with Crippen LogP contribution in [0.2, 0.25) is 0 Å². The minimum atomic E-state index is -3.97. The van der Waals surface area contributed by atoms with Gasteiger partial charge in [-0.15, -0.1) is 0 Å². The lowest BCUT2D eigenvalue weighted by molar-refractivity contribution is -0.385. The number of hydrazone groups is 1. The van der Waals surface area contributed by atoms with E-state index in [9.17, 15) is 18.5 Å². The molecule has 1 saturated heterocycles. The molecule has 0 unspecified atom stereocenters. The summed E-state index contributed by atoms with van der Waals surface area (Å²) in [7, 11) is -3.97. The summed E-state index contributed by atoms with van der Waals surface area (Å²) in [5, 5.41) is 15.6. The van der Waals surface area contributed by atoms with E-state index in [1.807, 2.05) is 24.3 Å². The Morgan fingerprint density at radius 3 is 2.31 bits per heavy atom. The van der Waals surface area contributed by atoms with E-state index in [1.54, 1.807) is 6.92 Å². The van der Waals surface area contributed by atoms with Gasteiger partial charge in [-0.3, -0.25) is 15.5 Å². The van der Waals surface area contributed by atoms with Crippen molar-refractivity contribution in [3.8, 4) is 0 Å². The standard InChI is InChI=1S/C22H28N4O5S/c1-16(17-5-7-18(8-6-17)22(2,3)4)23-24-20-10-9-19(26(27)28)15-21(20)32(29,30)25-11-13-31-14-12-25/h5-10,15,24H,11-14H2,1-4H3. The van der Waals surface area contributed by atoms with Gasteiger partial charge >= 0.3 is 0 Å². The van der Waals surface area contributed by atoms with Crippen LogP contribution in [0.4, 0.5) is 11.4 Å². The van der Waals surface area contributed by atoms with Crippen LogP contribution in [0.1, 0.15) is 38.8 Å². The minimum Gasteiger partial charge on any atom is -0.379 e. The van der Waals surface area contributed by atoms with Crippen LogP contribution in [0, 0.1) is 10.1 Å². The van der Waals surface area contributed by atoms with Crippen LogP contribution in [0.3, 0.4) is 0 Å². The summed E-state index contributed by atoms with van der Waals surface area (Å²) in [5.41, 5.74) is 5.42. The Labute approximate surface area is 188 Å². The third kappa shape index (κ3) is 5.32. The van der Waals surface area contributed by atoms with Gasteiger partial charge in [-0.1, -0.05) is 45.0 Å². The fourth-order valence-corrected chi connectivity index (χ4v) is 4.85. The number of nitrogens with one attached hydrogen (secondary N) is 1.